The molecule has 2 aliphatic rings. The summed E-state index contributed by atoms with van der Waals surface area (Å²) in [6, 6.07) is 13.7. The van der Waals surface area contributed by atoms with E-state index in [4.69, 9.17) is 17.0 Å². The molecule has 0 aliphatic carbocycles. The number of fused-ring (bicyclic) bond motifs is 3. The van der Waals surface area contributed by atoms with Crippen LogP contribution in [0.1, 0.15) is 41.3 Å². The Balaban J connectivity index is 1.89. The lowest BCUT2D eigenvalue weighted by Crippen LogP contribution is -2.58. The van der Waals surface area contributed by atoms with Gasteiger partial charge in [-0.3, -0.25) is 4.79 Å². The predicted molar refractivity (Wildman–Crippen MR) is 119 cm³/mol. The summed E-state index contributed by atoms with van der Waals surface area (Å²) in [5.41, 5.74) is 3.49. The van der Waals surface area contributed by atoms with Crippen LogP contribution in [0.2, 0.25) is 0 Å². The first-order chi connectivity index (χ1) is 12.8. The Hall–Kier alpha value is -1.50. The van der Waals surface area contributed by atoms with Crippen LogP contribution in [0.25, 0.3) is 0 Å². The lowest BCUT2D eigenvalue weighted by molar-refractivity contribution is 0.0957. The maximum Gasteiger partial charge on any atom is 0.258 e. The fourth-order valence-corrected chi connectivity index (χ4v) is 7.93. The lowest BCUT2D eigenvalue weighted by Gasteiger charge is -2.49. The molecule has 3 nitrogen and oxygen atoms in total. The molecule has 1 saturated heterocycles. The lowest BCUT2D eigenvalue weighted by atomic mass is 9.78. The molecule has 2 aliphatic heterocycles. The minimum atomic E-state index is -0.369. The average molecular weight is 416 g/mol. The number of aryl methyl sites for hydroxylation is 1. The van der Waals surface area contributed by atoms with Crippen molar-refractivity contribution in [2.45, 2.75) is 37.5 Å². The van der Waals surface area contributed by atoms with Crippen molar-refractivity contribution in [2.24, 2.45) is 0 Å². The monoisotopic (exact) mass is 415 g/mol. The quantitative estimate of drug-likeness (QED) is 0.469. The largest absolute Gasteiger partial charge is 0.497 e. The summed E-state index contributed by atoms with van der Waals surface area (Å²) in [7, 11) is 5.11. The van der Waals surface area contributed by atoms with Gasteiger partial charge in [0.05, 0.1) is 22.1 Å². The van der Waals surface area contributed by atoms with Crippen molar-refractivity contribution < 1.29 is 9.53 Å². The van der Waals surface area contributed by atoms with Gasteiger partial charge in [0, 0.05) is 17.2 Å². The number of rotatable bonds is 2. The first-order valence-electron chi connectivity index (χ1n) is 8.81. The number of carbonyl (C=O) groups is 1. The molecule has 2 aromatic rings. The van der Waals surface area contributed by atoms with Crippen molar-refractivity contribution in [3.05, 3.63) is 59.2 Å². The van der Waals surface area contributed by atoms with Gasteiger partial charge in [-0.15, -0.1) is 0 Å². The van der Waals surface area contributed by atoms with E-state index in [0.29, 0.717) is 5.56 Å². The molecular weight excluding hydrogens is 394 g/mol. The van der Waals surface area contributed by atoms with E-state index in [0.717, 1.165) is 26.8 Å². The Morgan fingerprint density at radius 1 is 1.19 bits per heavy atom. The van der Waals surface area contributed by atoms with Crippen LogP contribution in [0.4, 0.5) is 5.69 Å². The molecule has 0 spiro atoms. The summed E-state index contributed by atoms with van der Waals surface area (Å²) in [4.78, 5) is 15.5. The van der Waals surface area contributed by atoms with Crippen molar-refractivity contribution >= 4 is 49.6 Å². The smallest absolute Gasteiger partial charge is 0.258 e. The third kappa shape index (κ3) is 2.98. The van der Waals surface area contributed by atoms with Crippen molar-refractivity contribution in [3.63, 3.8) is 0 Å². The molecule has 0 aromatic heterocycles. The Kier molecular flexibility index (Phi) is 4.77. The molecule has 0 N–H and O–H groups in total. The number of carbonyl (C=O) groups excluding carboxylic acids is 1. The fourth-order valence-electron chi connectivity index (χ4n) is 3.89. The van der Waals surface area contributed by atoms with Crippen LogP contribution in [0, 0.1) is 6.92 Å². The van der Waals surface area contributed by atoms with Gasteiger partial charge in [0.2, 0.25) is 0 Å². The first-order valence-corrected chi connectivity index (χ1v) is 11.4. The van der Waals surface area contributed by atoms with E-state index >= 15 is 0 Å². The van der Waals surface area contributed by atoms with Crippen molar-refractivity contribution in [3.8, 4) is 5.75 Å². The zero-order chi connectivity index (χ0) is 19.3. The Morgan fingerprint density at radius 2 is 1.89 bits per heavy atom. The first kappa shape index (κ1) is 18.8. The molecule has 2 aromatic carbocycles. The SMILES string of the molecule is COc1ccc2c(c1)C1C(=S)SSC1C(C)(C)N2C(=O)c1ccc(C)cc1. The summed E-state index contributed by atoms with van der Waals surface area (Å²) < 4.78 is 6.43. The van der Waals surface area contributed by atoms with Gasteiger partial charge in [-0.25, -0.2) is 0 Å². The van der Waals surface area contributed by atoms with Gasteiger partial charge in [0.15, 0.2) is 0 Å². The van der Waals surface area contributed by atoms with Gasteiger partial charge < -0.3 is 9.64 Å². The van der Waals surface area contributed by atoms with Crippen LogP contribution >= 0.6 is 33.8 Å². The number of benzene rings is 2. The second kappa shape index (κ2) is 6.83. The highest BCUT2D eigenvalue weighted by atomic mass is 33.1. The third-order valence-electron chi connectivity index (χ3n) is 5.38. The molecule has 27 heavy (non-hydrogen) atoms. The summed E-state index contributed by atoms with van der Waals surface area (Å²) in [5, 5.41) is 0.198. The average Bonchev–Trinajstić information content (AvgIpc) is 3.05. The normalized spacial score (nSPS) is 23.0. The fraction of sp³-hybridized carbons (Fsp3) is 0.333. The number of thiocarbonyl (C=S) groups is 1. The van der Waals surface area contributed by atoms with Crippen molar-refractivity contribution in [1.82, 2.24) is 0 Å². The van der Waals surface area contributed by atoms with E-state index in [1.165, 1.54) is 0 Å². The standard InChI is InChI=1S/C21H21NO2S3/c1-12-5-7-13(8-6-12)19(23)22-16-10-9-14(24-4)11-15(16)17-18(21(22,2)3)26-27-20(17)25/h5-11,17-18H,1-4H3. The van der Waals surface area contributed by atoms with E-state index in [9.17, 15) is 4.79 Å². The molecule has 4 rings (SSSR count). The molecule has 0 bridgehead atoms. The predicted octanol–water partition coefficient (Wildman–Crippen LogP) is 5.62. The highest BCUT2D eigenvalue weighted by Gasteiger charge is 2.53. The third-order valence-corrected chi connectivity index (χ3v) is 9.22. The molecular formula is C21H21NO2S3. The number of hydrogen-bond donors (Lipinski definition) is 0. The van der Waals surface area contributed by atoms with Crippen molar-refractivity contribution in [2.75, 3.05) is 12.0 Å². The number of nitrogens with zero attached hydrogens (tertiary/aromatic N) is 1. The van der Waals surface area contributed by atoms with Crippen LogP contribution in [0.3, 0.4) is 0 Å². The minimum Gasteiger partial charge on any atom is -0.497 e. The zero-order valence-electron chi connectivity index (χ0n) is 15.7. The summed E-state index contributed by atoms with van der Waals surface area (Å²) in [5.74, 6) is 0.949. The minimum absolute atomic E-state index is 0.0216. The van der Waals surface area contributed by atoms with E-state index in [1.807, 2.05) is 54.3 Å². The van der Waals surface area contributed by atoms with Gasteiger partial charge in [-0.05, 0) is 67.5 Å². The molecule has 0 saturated carbocycles. The molecule has 0 radical (unpaired) electrons. The summed E-state index contributed by atoms with van der Waals surface area (Å²) >= 11 is 5.69. The molecule has 2 unspecified atom stereocenters. The number of anilines is 1. The van der Waals surface area contributed by atoms with Gasteiger partial charge in [-0.1, -0.05) is 40.7 Å². The maximum atomic E-state index is 13.6. The molecule has 1 amide bonds. The van der Waals surface area contributed by atoms with Crippen LogP contribution in [0.15, 0.2) is 42.5 Å². The summed E-state index contributed by atoms with van der Waals surface area (Å²) in [6.07, 6.45) is 0. The topological polar surface area (TPSA) is 29.5 Å². The molecule has 140 valence electrons. The van der Waals surface area contributed by atoms with E-state index in [-0.39, 0.29) is 22.6 Å². The molecule has 2 heterocycles. The van der Waals surface area contributed by atoms with Crippen LogP contribution in [0.5, 0.6) is 5.75 Å². The van der Waals surface area contributed by atoms with Crippen LogP contribution in [-0.2, 0) is 0 Å². The number of methoxy groups -OCH3 is 1. The van der Waals surface area contributed by atoms with E-state index in [2.05, 4.69) is 13.8 Å². The van der Waals surface area contributed by atoms with Gasteiger partial charge in [0.25, 0.3) is 5.91 Å². The number of ether oxygens (including phenoxy) is 1. The molecule has 1 fully saturated rings. The Bertz CT molecular complexity index is 924. The van der Waals surface area contributed by atoms with Gasteiger partial charge in [0.1, 0.15) is 5.75 Å². The highest BCUT2D eigenvalue weighted by Crippen LogP contribution is 2.59. The zero-order valence-corrected chi connectivity index (χ0v) is 18.1. The van der Waals surface area contributed by atoms with E-state index < -0.39 is 0 Å². The summed E-state index contributed by atoms with van der Waals surface area (Å²) in [6.45, 7) is 6.31. The van der Waals surface area contributed by atoms with E-state index in [1.54, 1.807) is 28.7 Å². The second-order valence-corrected chi connectivity index (χ2v) is 10.6. The number of amides is 1. The molecule has 2 atom stereocenters. The van der Waals surface area contributed by atoms with Crippen LogP contribution < -0.4 is 9.64 Å². The molecule has 6 heteroatoms. The van der Waals surface area contributed by atoms with Gasteiger partial charge >= 0.3 is 0 Å². The second-order valence-electron chi connectivity index (χ2n) is 7.48. The highest BCUT2D eigenvalue weighted by molar-refractivity contribution is 8.84. The van der Waals surface area contributed by atoms with Crippen LogP contribution in [-0.4, -0.2) is 28.0 Å². The Morgan fingerprint density at radius 3 is 2.56 bits per heavy atom. The Labute approximate surface area is 173 Å². The maximum absolute atomic E-state index is 13.6. The van der Waals surface area contributed by atoms with Gasteiger partial charge in [-0.2, -0.15) is 0 Å². The number of hydrogen-bond acceptors (Lipinski definition) is 5. The van der Waals surface area contributed by atoms with Crippen molar-refractivity contribution in [1.29, 1.82) is 0 Å².